The van der Waals surface area contributed by atoms with Crippen LogP contribution in [0.2, 0.25) is 0 Å². The Hall–Kier alpha value is -6.00. The Labute approximate surface area is 385 Å². The summed E-state index contributed by atoms with van der Waals surface area (Å²) in [7, 11) is -2.91. The van der Waals surface area contributed by atoms with Crippen molar-refractivity contribution in [2.24, 2.45) is 0 Å². The molecule has 2 heterocycles. The normalized spacial score (nSPS) is 11.1. The molecule has 6 nitrogen and oxygen atoms in total. The lowest BCUT2D eigenvalue weighted by atomic mass is 10.1. The Balaban J connectivity index is 0.000000184. The van der Waals surface area contributed by atoms with Crippen LogP contribution < -0.4 is 26.9 Å². The van der Waals surface area contributed by atoms with Gasteiger partial charge in [0.25, 0.3) is 8.32 Å². The summed E-state index contributed by atoms with van der Waals surface area (Å²) in [6.45, 7) is 12.7. The fraction of sp³-hybridized carbons (Fsp3) is 0.111. The van der Waals surface area contributed by atoms with Crippen LogP contribution in [0, 0.1) is 41.5 Å². The van der Waals surface area contributed by atoms with Crippen molar-refractivity contribution in [2.75, 3.05) is 0 Å². The van der Waals surface area contributed by atoms with Crippen molar-refractivity contribution in [3.8, 4) is 28.4 Å². The van der Waals surface area contributed by atoms with Crippen molar-refractivity contribution in [1.82, 2.24) is 9.97 Å². The summed E-state index contributed by atoms with van der Waals surface area (Å²) in [4.78, 5) is 9.39. The molecule has 2 radical (unpaired) electrons. The molecule has 7 aromatic carbocycles. The maximum Gasteiger partial charge on any atom is 0.881 e. The van der Waals surface area contributed by atoms with E-state index in [1.165, 1.54) is 48.9 Å². The van der Waals surface area contributed by atoms with E-state index in [9.17, 15) is 0 Å². The highest BCUT2D eigenvalue weighted by atomic mass is 28.4. The summed E-state index contributed by atoms with van der Waals surface area (Å²) >= 11 is -1.49. The Morgan fingerprint density at radius 3 is 1.54 bits per heavy atom. The third-order valence-electron chi connectivity index (χ3n) is 11.3. The summed E-state index contributed by atoms with van der Waals surface area (Å²) in [5, 5.41) is 5.97. The summed E-state index contributed by atoms with van der Waals surface area (Å²) < 4.78 is 25.4. The number of benzene rings is 7. The van der Waals surface area contributed by atoms with E-state index in [0.717, 1.165) is 50.4 Å². The third kappa shape index (κ3) is 9.81. The molecular weight excluding hydrogens is 823 g/mol. The summed E-state index contributed by atoms with van der Waals surface area (Å²) in [6.07, 6.45) is 0. The van der Waals surface area contributed by atoms with E-state index in [1.54, 1.807) is 0 Å². The Bertz CT molecular complexity index is 2890. The van der Waals surface area contributed by atoms with Crippen molar-refractivity contribution in [2.45, 2.75) is 41.5 Å². The molecule has 9 aromatic rings. The molecule has 0 spiro atoms. The van der Waals surface area contributed by atoms with Gasteiger partial charge < -0.3 is 14.8 Å². The van der Waals surface area contributed by atoms with Crippen molar-refractivity contribution >= 4 is 77.5 Å². The maximum absolute atomic E-state index is 7.22. The van der Waals surface area contributed by atoms with Crippen LogP contribution in [0.3, 0.4) is 0 Å². The molecule has 0 bridgehead atoms. The minimum Gasteiger partial charge on any atom is -0.625 e. The van der Waals surface area contributed by atoms with Crippen LogP contribution >= 0.6 is 0 Å². The molecule has 0 aliphatic heterocycles. The predicted octanol–water partition coefficient (Wildman–Crippen LogP) is 10.6. The molecule has 0 saturated heterocycles. The zero-order chi connectivity index (χ0) is 43.8. The number of aromatic nitrogens is 2. The average molecular weight is 871 g/mol. The molecule has 2 aromatic heterocycles. The van der Waals surface area contributed by atoms with Crippen molar-refractivity contribution < 1.29 is 14.8 Å². The fourth-order valence-electron chi connectivity index (χ4n) is 8.13. The zero-order valence-electron chi connectivity index (χ0n) is 36.5. The standard InChI is InChI=1S/C21H21OSi.C12H10O.C11H11NO.C10H9NO.2Al/c1-16-10-4-7-13-19(16)23(22,20-14-8-5-11-17(20)2)21-15-9-6-12-18(21)3;13-12-8-6-11(7-9-12)10-4-2-1-3-5-10;1-7-6-8(2)12-11-9(7)4-3-5-10(11)13;1-7-5-6-8-3-2-4-9(12)10(8)11-7;;/h4-15H,1-3H3;1-9,13H;3-6,13H,1-2H3;2-6,12H,1H3;;/q-1;;;;2*+2/p-3. The van der Waals surface area contributed by atoms with E-state index in [1.807, 2.05) is 80.6 Å². The van der Waals surface area contributed by atoms with Gasteiger partial charge in [0.2, 0.25) is 0 Å². The minimum absolute atomic E-state index is 0.665. The fourth-order valence-corrected chi connectivity index (χ4v) is 15.1. The molecule has 9 rings (SSSR count). The highest BCUT2D eigenvalue weighted by Gasteiger charge is 2.45. The van der Waals surface area contributed by atoms with E-state index in [2.05, 4.69) is 148 Å². The number of nitrogens with zero attached hydrogens (tertiary/aromatic N) is 2. The van der Waals surface area contributed by atoms with Crippen molar-refractivity contribution in [3.05, 3.63) is 216 Å². The first-order chi connectivity index (χ1) is 30.7. The van der Waals surface area contributed by atoms with Gasteiger partial charge in [-0.15, -0.1) is 0 Å². The third-order valence-corrected chi connectivity index (χ3v) is 18.1. The number of aryl methyl sites for hydroxylation is 6. The molecule has 0 atom stereocenters. The maximum atomic E-state index is 7.22. The lowest BCUT2D eigenvalue weighted by Crippen LogP contribution is -2.71. The van der Waals surface area contributed by atoms with Crippen molar-refractivity contribution in [1.29, 1.82) is 0 Å². The van der Waals surface area contributed by atoms with E-state index in [0.29, 0.717) is 0 Å². The highest BCUT2D eigenvalue weighted by Crippen LogP contribution is 2.28. The predicted molar refractivity (Wildman–Crippen MR) is 262 cm³/mol. The molecule has 0 aliphatic carbocycles. The average Bonchev–Trinajstić information content (AvgIpc) is 3.30. The second-order valence-electron chi connectivity index (χ2n) is 15.7. The van der Waals surface area contributed by atoms with Crippen LogP contribution in [-0.4, -0.2) is 50.1 Å². The highest BCUT2D eigenvalue weighted by molar-refractivity contribution is 7.09. The van der Waals surface area contributed by atoms with Gasteiger partial charge in [0.15, 0.2) is 0 Å². The van der Waals surface area contributed by atoms with E-state index < -0.39 is 40.1 Å². The number of pyridine rings is 2. The first kappa shape index (κ1) is 43.6. The Morgan fingerprint density at radius 2 is 0.921 bits per heavy atom. The topological polar surface area (TPSA) is 62.7 Å². The van der Waals surface area contributed by atoms with Gasteiger partial charge in [-0.1, -0.05) is 146 Å². The van der Waals surface area contributed by atoms with Gasteiger partial charge in [-0.3, -0.25) is 0 Å². The van der Waals surface area contributed by atoms with Gasteiger partial charge in [-0.2, -0.15) is 0 Å². The van der Waals surface area contributed by atoms with Gasteiger partial charge in [0.1, 0.15) is 22.5 Å². The van der Waals surface area contributed by atoms with Gasteiger partial charge in [-0.05, 0) is 127 Å². The van der Waals surface area contributed by atoms with Crippen LogP contribution in [0.25, 0.3) is 32.9 Å². The Morgan fingerprint density at radius 1 is 0.397 bits per heavy atom. The summed E-state index contributed by atoms with van der Waals surface area (Å²) in [6, 6.07) is 62.6. The molecule has 0 amide bonds. The number of hydrogen-bond acceptors (Lipinski definition) is 6. The quantitative estimate of drug-likeness (QED) is 0.0900. The van der Waals surface area contributed by atoms with E-state index >= 15 is 0 Å². The SMILES string of the molecule is Cc1cc(C)c2cccc([O][Al][O][Si](c3ccccc3C)(c3ccccc3C)c3ccccc3C)c2n1.Cc1ccc2cccc([O][Al][O]c3ccc(-c4ccccc4)cc3)c2n1. The van der Waals surface area contributed by atoms with Gasteiger partial charge in [0, 0.05) is 22.2 Å². The second kappa shape index (κ2) is 20.0. The van der Waals surface area contributed by atoms with Gasteiger partial charge in [0.05, 0.1) is 5.75 Å². The second-order valence-corrected chi connectivity index (χ2v) is 20.7. The van der Waals surface area contributed by atoms with E-state index in [4.69, 9.17) is 19.8 Å². The van der Waals surface area contributed by atoms with Crippen LogP contribution in [0.15, 0.2) is 182 Å². The summed E-state index contributed by atoms with van der Waals surface area (Å²) in [5.74, 6) is 2.35. The van der Waals surface area contributed by atoms with Crippen molar-refractivity contribution in [3.63, 3.8) is 0 Å². The lowest BCUT2D eigenvalue weighted by molar-refractivity contribution is 0.461. The first-order valence-corrected chi connectivity index (χ1v) is 24.9. The Kier molecular flexibility index (Phi) is 13.9. The van der Waals surface area contributed by atoms with Crippen LogP contribution in [-0.2, 0) is 3.48 Å². The number of rotatable bonds is 12. The lowest BCUT2D eigenvalue weighted by Gasteiger charge is -2.37. The molecule has 0 saturated carbocycles. The molecule has 9 heteroatoms. The molecule has 0 fully saturated rings. The van der Waals surface area contributed by atoms with Crippen LogP contribution in [0.4, 0.5) is 0 Å². The number of fused-ring (bicyclic) bond motifs is 2. The molecule has 308 valence electrons. The van der Waals surface area contributed by atoms with Crippen LogP contribution in [0.5, 0.6) is 17.2 Å². The molecule has 0 unspecified atom stereocenters. The molecule has 0 aliphatic rings. The number of hydrogen-bond donors (Lipinski definition) is 0. The first-order valence-electron chi connectivity index (χ1n) is 21.1. The number of para-hydroxylation sites is 2. The van der Waals surface area contributed by atoms with E-state index in [-0.39, 0.29) is 0 Å². The van der Waals surface area contributed by atoms with Gasteiger partial charge in [-0.25, -0.2) is 9.97 Å². The molecular formula is C54H48Al2N2O4Si. The molecule has 63 heavy (non-hydrogen) atoms. The smallest absolute Gasteiger partial charge is 0.625 e. The minimum atomic E-state index is -2.91. The largest absolute Gasteiger partial charge is 0.881 e. The van der Waals surface area contributed by atoms with Crippen LogP contribution in [0.1, 0.15) is 33.6 Å². The monoisotopic (exact) mass is 870 g/mol. The molecule has 0 N–H and O–H groups in total. The zero-order valence-corrected chi connectivity index (χ0v) is 39.8. The summed E-state index contributed by atoms with van der Waals surface area (Å²) in [5.41, 5.74) is 11.0. The van der Waals surface area contributed by atoms with Gasteiger partial charge >= 0.3 is 31.8 Å².